The minimum Gasteiger partial charge on any atom is -0.467 e. The van der Waals surface area contributed by atoms with Crippen molar-refractivity contribution in [1.29, 1.82) is 0 Å². The van der Waals surface area contributed by atoms with Gasteiger partial charge in [0.2, 0.25) is 0 Å². The molecule has 2 aromatic rings. The van der Waals surface area contributed by atoms with Gasteiger partial charge in [0.05, 0.1) is 16.9 Å². The molecule has 2 bridgehead atoms. The fraction of sp³-hybridized carbons (Fsp3) is 0.222. The summed E-state index contributed by atoms with van der Waals surface area (Å²) in [7, 11) is 0. The molecule has 0 saturated carbocycles. The average Bonchev–Trinajstić information content (AvgIpc) is 2.54. The smallest absolute Gasteiger partial charge is 0.191 e. The van der Waals surface area contributed by atoms with Gasteiger partial charge < -0.3 is 20.7 Å². The first-order valence-corrected chi connectivity index (χ1v) is 8.61. The quantitative estimate of drug-likeness (QED) is 0.718. The lowest BCUT2D eigenvalue weighted by Crippen LogP contribution is -2.70. The number of fused-ring (bicyclic) bond motifs is 4. The van der Waals surface area contributed by atoms with E-state index in [4.69, 9.17) is 29.2 Å². The van der Waals surface area contributed by atoms with Crippen molar-refractivity contribution in [2.45, 2.75) is 18.7 Å². The van der Waals surface area contributed by atoms with Crippen LogP contribution in [0, 0.1) is 5.92 Å². The Morgan fingerprint density at radius 3 is 2.62 bits per heavy atom. The zero-order valence-electron chi connectivity index (χ0n) is 13.1. The summed E-state index contributed by atoms with van der Waals surface area (Å²) < 4.78 is 6.27. The van der Waals surface area contributed by atoms with Gasteiger partial charge in [0.25, 0.3) is 0 Å². The van der Waals surface area contributed by atoms with E-state index >= 15 is 0 Å². The number of benzene rings is 2. The van der Waals surface area contributed by atoms with E-state index in [-0.39, 0.29) is 12.0 Å². The molecule has 0 aliphatic carbocycles. The van der Waals surface area contributed by atoms with E-state index < -0.39 is 5.72 Å². The number of para-hydroxylation sites is 2. The van der Waals surface area contributed by atoms with E-state index in [2.05, 4.69) is 22.0 Å². The molecule has 0 spiro atoms. The third-order valence-corrected chi connectivity index (χ3v) is 5.05. The lowest BCUT2D eigenvalue weighted by Gasteiger charge is -2.51. The summed E-state index contributed by atoms with van der Waals surface area (Å²) >= 11 is 11.1. The maximum Gasteiger partial charge on any atom is 0.191 e. The highest BCUT2D eigenvalue weighted by atomic mass is 32.1. The Labute approximate surface area is 151 Å². The van der Waals surface area contributed by atoms with Crippen LogP contribution in [0.4, 0.5) is 5.69 Å². The second-order valence-electron chi connectivity index (χ2n) is 6.16. The molecule has 6 heteroatoms. The van der Waals surface area contributed by atoms with Crippen LogP contribution in [0.2, 0.25) is 0 Å². The minimum atomic E-state index is -0.694. The maximum atomic E-state index is 6.27. The largest absolute Gasteiger partial charge is 0.467 e. The zero-order chi connectivity index (χ0) is 16.7. The molecule has 3 atom stereocenters. The third kappa shape index (κ3) is 2.52. The van der Waals surface area contributed by atoms with Gasteiger partial charge in [0.1, 0.15) is 5.75 Å². The van der Waals surface area contributed by atoms with Crippen LogP contribution >= 0.6 is 24.4 Å². The number of ether oxygens (including phenoxy) is 1. The van der Waals surface area contributed by atoms with Crippen LogP contribution in [0.15, 0.2) is 54.6 Å². The Hall–Kier alpha value is -2.18. The Morgan fingerprint density at radius 1 is 1.12 bits per heavy atom. The maximum absolute atomic E-state index is 6.27. The van der Waals surface area contributed by atoms with Crippen LogP contribution in [-0.2, 0) is 0 Å². The topological polar surface area (TPSA) is 45.3 Å². The summed E-state index contributed by atoms with van der Waals surface area (Å²) in [5.74, 6) is 0.751. The van der Waals surface area contributed by atoms with Crippen molar-refractivity contribution in [3.05, 3.63) is 60.2 Å². The molecule has 122 valence electrons. The fourth-order valence-electron chi connectivity index (χ4n) is 3.43. The number of hydrogen-bond acceptors (Lipinski definition) is 3. The molecule has 4 rings (SSSR count). The summed E-state index contributed by atoms with van der Waals surface area (Å²) in [5, 5.41) is 10.5. The predicted octanol–water partition coefficient (Wildman–Crippen LogP) is 3.37. The van der Waals surface area contributed by atoms with Gasteiger partial charge in [0.15, 0.2) is 10.8 Å². The van der Waals surface area contributed by atoms with Gasteiger partial charge in [-0.25, -0.2) is 0 Å². The first-order valence-electron chi connectivity index (χ1n) is 7.79. The second-order valence-corrected chi connectivity index (χ2v) is 7.00. The lowest BCUT2D eigenvalue weighted by atomic mass is 9.80. The molecule has 24 heavy (non-hydrogen) atoms. The average molecular weight is 355 g/mol. The van der Waals surface area contributed by atoms with Gasteiger partial charge in [-0.05, 0) is 37.3 Å². The Kier molecular flexibility index (Phi) is 3.66. The van der Waals surface area contributed by atoms with Gasteiger partial charge >= 0.3 is 0 Å². The molecule has 3 N–H and O–H groups in total. The predicted molar refractivity (Wildman–Crippen MR) is 103 cm³/mol. The van der Waals surface area contributed by atoms with Crippen molar-refractivity contribution in [2.75, 3.05) is 5.32 Å². The van der Waals surface area contributed by atoms with Crippen molar-refractivity contribution in [2.24, 2.45) is 5.92 Å². The van der Waals surface area contributed by atoms with Gasteiger partial charge in [-0.3, -0.25) is 0 Å². The van der Waals surface area contributed by atoms with Crippen LogP contribution in [-0.4, -0.2) is 15.8 Å². The molecule has 2 aliphatic heterocycles. The molecule has 0 aromatic heterocycles. The van der Waals surface area contributed by atoms with Crippen molar-refractivity contribution in [3.8, 4) is 5.75 Å². The minimum absolute atomic E-state index is 0.0302. The molecule has 1 saturated heterocycles. The van der Waals surface area contributed by atoms with E-state index in [0.29, 0.717) is 10.1 Å². The van der Waals surface area contributed by atoms with Crippen LogP contribution in [0.25, 0.3) is 0 Å². The summed E-state index contributed by atoms with van der Waals surface area (Å²) in [5.41, 5.74) is 1.34. The zero-order valence-corrected chi connectivity index (χ0v) is 14.7. The third-order valence-electron chi connectivity index (χ3n) is 4.47. The van der Waals surface area contributed by atoms with Gasteiger partial charge in [0, 0.05) is 11.3 Å². The highest BCUT2D eigenvalue weighted by molar-refractivity contribution is 7.80. The number of anilines is 1. The molecular weight excluding hydrogens is 338 g/mol. The number of thiocarbonyl (C=S) groups is 2. The molecule has 2 aromatic carbocycles. The van der Waals surface area contributed by atoms with Gasteiger partial charge in [-0.15, -0.1) is 0 Å². The Morgan fingerprint density at radius 2 is 1.83 bits per heavy atom. The normalized spacial score (nSPS) is 27.1. The summed E-state index contributed by atoms with van der Waals surface area (Å²) in [4.78, 5) is 0.714. The molecule has 1 fully saturated rings. The fourth-order valence-corrected chi connectivity index (χ4v) is 4.24. The van der Waals surface area contributed by atoms with Gasteiger partial charge in [-0.2, -0.15) is 0 Å². The molecule has 0 radical (unpaired) electrons. The second kappa shape index (κ2) is 5.72. The summed E-state index contributed by atoms with van der Waals surface area (Å²) in [6.45, 7) is 1.99. The molecular formula is C18H17N3OS2. The van der Waals surface area contributed by atoms with E-state index in [1.165, 1.54) is 0 Å². The highest BCUT2D eigenvalue weighted by Gasteiger charge is 2.53. The van der Waals surface area contributed by atoms with Crippen molar-refractivity contribution < 1.29 is 4.74 Å². The van der Waals surface area contributed by atoms with E-state index in [9.17, 15) is 0 Å². The summed E-state index contributed by atoms with van der Waals surface area (Å²) in [6, 6.07) is 17.9. The monoisotopic (exact) mass is 355 g/mol. The number of hydrogen-bond donors (Lipinski definition) is 3. The Balaban J connectivity index is 1.72. The first-order chi connectivity index (χ1) is 11.6. The van der Waals surface area contributed by atoms with Crippen molar-refractivity contribution >= 4 is 40.2 Å². The SMILES string of the molecule is C[C@@]12NC(=S)N[C@H](c3ccccc3O1)[C@@H]2C(=S)Nc1ccccc1. The van der Waals surface area contributed by atoms with Crippen LogP contribution in [0.5, 0.6) is 5.75 Å². The van der Waals surface area contributed by atoms with Crippen LogP contribution in [0.1, 0.15) is 18.5 Å². The number of rotatable bonds is 2. The molecule has 4 nitrogen and oxygen atoms in total. The van der Waals surface area contributed by atoms with Gasteiger partial charge in [-0.1, -0.05) is 48.6 Å². The van der Waals surface area contributed by atoms with E-state index in [1.54, 1.807) is 0 Å². The Bertz CT molecular complexity index is 811. The van der Waals surface area contributed by atoms with E-state index in [1.807, 2.05) is 55.5 Å². The van der Waals surface area contributed by atoms with Crippen molar-refractivity contribution in [1.82, 2.24) is 10.6 Å². The van der Waals surface area contributed by atoms with Crippen LogP contribution in [0.3, 0.4) is 0 Å². The number of nitrogens with one attached hydrogen (secondary N) is 3. The van der Waals surface area contributed by atoms with E-state index in [0.717, 1.165) is 17.0 Å². The molecule has 0 unspecified atom stereocenters. The highest BCUT2D eigenvalue weighted by Crippen LogP contribution is 2.45. The molecule has 0 amide bonds. The summed E-state index contributed by atoms with van der Waals surface area (Å²) in [6.07, 6.45) is 0. The van der Waals surface area contributed by atoms with Crippen molar-refractivity contribution in [3.63, 3.8) is 0 Å². The molecule has 2 heterocycles. The van der Waals surface area contributed by atoms with Crippen LogP contribution < -0.4 is 20.7 Å². The molecule has 2 aliphatic rings. The first kappa shape index (κ1) is 15.4. The lowest BCUT2D eigenvalue weighted by molar-refractivity contribution is -0.00402. The standard InChI is InChI=1S/C18H17N3OS2/c1-18-14(16(23)19-11-7-3-2-4-8-11)15(20-17(24)21-18)12-9-5-6-10-13(12)22-18/h2-10,14-15H,1H3,(H,19,23)(H2,20,21,24)/t14-,15-,18-/m1/s1.